The third-order valence-electron chi connectivity index (χ3n) is 3.60. The predicted octanol–water partition coefficient (Wildman–Crippen LogP) is 2.82. The lowest BCUT2D eigenvalue weighted by molar-refractivity contribution is 0.279. The highest BCUT2D eigenvalue weighted by Crippen LogP contribution is 2.35. The summed E-state index contributed by atoms with van der Waals surface area (Å²) in [5.41, 5.74) is 1.41. The first-order valence-corrected chi connectivity index (χ1v) is 5.90. The molecule has 1 aliphatic heterocycles. The van der Waals surface area contributed by atoms with Crippen molar-refractivity contribution >= 4 is 0 Å². The Balaban J connectivity index is 1.85. The maximum atomic E-state index is 5.64. The Morgan fingerprint density at radius 3 is 3.20 bits per heavy atom. The van der Waals surface area contributed by atoms with Gasteiger partial charge >= 0.3 is 0 Å². The van der Waals surface area contributed by atoms with Crippen LogP contribution in [0, 0.1) is 5.92 Å². The third kappa shape index (κ3) is 1.63. The summed E-state index contributed by atoms with van der Waals surface area (Å²) in [5, 5.41) is 3.60. The summed E-state index contributed by atoms with van der Waals surface area (Å²) >= 11 is 0. The quantitative estimate of drug-likeness (QED) is 0.710. The average Bonchev–Trinajstić information content (AvgIpc) is 2.78. The second-order valence-corrected chi connectivity index (χ2v) is 4.54. The summed E-state index contributed by atoms with van der Waals surface area (Å²) in [6.07, 6.45) is 11.3. The van der Waals surface area contributed by atoms with Gasteiger partial charge in [-0.1, -0.05) is 12.2 Å². The minimum absolute atomic E-state index is 0.452. The van der Waals surface area contributed by atoms with Gasteiger partial charge in [0.25, 0.3) is 0 Å². The minimum atomic E-state index is 0.452. The molecule has 2 heterocycles. The maximum Gasteiger partial charge on any atom is 0.124 e. The van der Waals surface area contributed by atoms with Crippen molar-refractivity contribution in [1.29, 1.82) is 0 Å². The topological polar surface area (TPSA) is 25.2 Å². The van der Waals surface area contributed by atoms with Gasteiger partial charge in [0, 0.05) is 0 Å². The zero-order valence-corrected chi connectivity index (χ0v) is 8.91. The average molecular weight is 203 g/mol. The van der Waals surface area contributed by atoms with Gasteiger partial charge in [-0.3, -0.25) is 0 Å². The van der Waals surface area contributed by atoms with Gasteiger partial charge in [-0.2, -0.15) is 0 Å². The normalized spacial score (nSPS) is 30.1. The van der Waals surface area contributed by atoms with E-state index in [1.165, 1.54) is 30.6 Å². The van der Waals surface area contributed by atoms with Crippen molar-refractivity contribution in [2.45, 2.75) is 31.7 Å². The van der Waals surface area contributed by atoms with E-state index < -0.39 is 0 Å². The van der Waals surface area contributed by atoms with Gasteiger partial charge < -0.3 is 9.73 Å². The summed E-state index contributed by atoms with van der Waals surface area (Å²) in [6, 6.07) is 2.58. The standard InChI is InChI=1S/C13H17NO/c1-2-4-10(5-3-1)12-13-11(6-8-14-12)7-9-15-13/h1-2,7,9-10,12,14H,3-6,8H2. The van der Waals surface area contributed by atoms with Crippen LogP contribution >= 0.6 is 0 Å². The molecule has 0 radical (unpaired) electrons. The van der Waals surface area contributed by atoms with Crippen molar-refractivity contribution < 1.29 is 4.42 Å². The summed E-state index contributed by atoms with van der Waals surface area (Å²) in [5.74, 6) is 1.92. The molecule has 2 atom stereocenters. The van der Waals surface area contributed by atoms with Crippen LogP contribution in [0.15, 0.2) is 28.9 Å². The highest BCUT2D eigenvalue weighted by Gasteiger charge is 2.29. The minimum Gasteiger partial charge on any atom is -0.467 e. The van der Waals surface area contributed by atoms with Gasteiger partial charge in [0.05, 0.1) is 12.3 Å². The van der Waals surface area contributed by atoms with Crippen LogP contribution in [0.4, 0.5) is 0 Å². The SMILES string of the molecule is C1=CCC(C2NCCc3ccoc32)CC1. The summed E-state index contributed by atoms with van der Waals surface area (Å²) < 4.78 is 5.64. The summed E-state index contributed by atoms with van der Waals surface area (Å²) in [7, 11) is 0. The number of allylic oxidation sites excluding steroid dienone is 2. The van der Waals surface area contributed by atoms with Crippen molar-refractivity contribution in [2.24, 2.45) is 5.92 Å². The van der Waals surface area contributed by atoms with E-state index in [9.17, 15) is 0 Å². The van der Waals surface area contributed by atoms with Gasteiger partial charge in [0.15, 0.2) is 0 Å². The first-order chi connectivity index (χ1) is 7.45. The number of fused-ring (bicyclic) bond motifs is 1. The Labute approximate surface area is 90.4 Å². The Morgan fingerprint density at radius 1 is 1.33 bits per heavy atom. The van der Waals surface area contributed by atoms with Gasteiger partial charge in [0.2, 0.25) is 0 Å². The fourth-order valence-corrected chi connectivity index (χ4v) is 2.78. The molecule has 80 valence electrons. The molecule has 1 aromatic rings. The Hall–Kier alpha value is -1.02. The van der Waals surface area contributed by atoms with Crippen molar-refractivity contribution in [3.8, 4) is 0 Å². The van der Waals surface area contributed by atoms with E-state index in [2.05, 4.69) is 23.5 Å². The van der Waals surface area contributed by atoms with Gasteiger partial charge in [0.1, 0.15) is 5.76 Å². The van der Waals surface area contributed by atoms with E-state index in [4.69, 9.17) is 4.42 Å². The van der Waals surface area contributed by atoms with Crippen LogP contribution in [-0.4, -0.2) is 6.54 Å². The molecular formula is C13H17NO. The van der Waals surface area contributed by atoms with E-state index in [1.807, 2.05) is 6.26 Å². The fourth-order valence-electron chi connectivity index (χ4n) is 2.78. The van der Waals surface area contributed by atoms with Crippen LogP contribution < -0.4 is 5.32 Å². The monoisotopic (exact) mass is 203 g/mol. The van der Waals surface area contributed by atoms with Crippen LogP contribution in [0.25, 0.3) is 0 Å². The molecule has 0 fully saturated rings. The molecule has 2 heteroatoms. The van der Waals surface area contributed by atoms with Crippen LogP contribution in [0.2, 0.25) is 0 Å². The van der Waals surface area contributed by atoms with Crippen molar-refractivity contribution in [3.63, 3.8) is 0 Å². The van der Waals surface area contributed by atoms with Crippen LogP contribution in [0.1, 0.15) is 36.6 Å². The molecule has 3 rings (SSSR count). The van der Waals surface area contributed by atoms with Crippen molar-refractivity contribution in [3.05, 3.63) is 35.8 Å². The van der Waals surface area contributed by atoms with Gasteiger partial charge in [-0.25, -0.2) is 0 Å². The molecule has 1 aromatic heterocycles. The summed E-state index contributed by atoms with van der Waals surface area (Å²) in [6.45, 7) is 1.09. The lowest BCUT2D eigenvalue weighted by Gasteiger charge is -2.31. The van der Waals surface area contributed by atoms with E-state index in [0.29, 0.717) is 6.04 Å². The number of hydrogen-bond acceptors (Lipinski definition) is 2. The Morgan fingerprint density at radius 2 is 2.33 bits per heavy atom. The molecule has 0 saturated carbocycles. The Bertz CT molecular complexity index is 366. The van der Waals surface area contributed by atoms with Gasteiger partial charge in [-0.15, -0.1) is 0 Å². The molecule has 0 amide bonds. The zero-order valence-electron chi connectivity index (χ0n) is 8.91. The largest absolute Gasteiger partial charge is 0.467 e. The maximum absolute atomic E-state index is 5.64. The molecular weight excluding hydrogens is 186 g/mol. The van der Waals surface area contributed by atoms with E-state index >= 15 is 0 Å². The molecule has 0 aromatic carbocycles. The lowest BCUT2D eigenvalue weighted by atomic mass is 9.84. The molecule has 0 bridgehead atoms. The first-order valence-electron chi connectivity index (χ1n) is 5.90. The highest BCUT2D eigenvalue weighted by atomic mass is 16.3. The van der Waals surface area contributed by atoms with E-state index in [1.54, 1.807) is 0 Å². The van der Waals surface area contributed by atoms with E-state index in [0.717, 1.165) is 18.9 Å². The smallest absolute Gasteiger partial charge is 0.124 e. The molecule has 0 saturated heterocycles. The van der Waals surface area contributed by atoms with Crippen LogP contribution in [0.3, 0.4) is 0 Å². The Kier molecular flexibility index (Phi) is 2.37. The van der Waals surface area contributed by atoms with Crippen molar-refractivity contribution in [1.82, 2.24) is 5.32 Å². The molecule has 2 aliphatic rings. The molecule has 2 unspecified atom stereocenters. The predicted molar refractivity (Wildman–Crippen MR) is 59.6 cm³/mol. The molecule has 1 aliphatic carbocycles. The second kappa shape index (κ2) is 3.86. The molecule has 0 spiro atoms. The van der Waals surface area contributed by atoms with Crippen LogP contribution in [0.5, 0.6) is 0 Å². The summed E-state index contributed by atoms with van der Waals surface area (Å²) in [4.78, 5) is 0. The molecule has 1 N–H and O–H groups in total. The van der Waals surface area contributed by atoms with E-state index in [-0.39, 0.29) is 0 Å². The number of rotatable bonds is 1. The van der Waals surface area contributed by atoms with Crippen LogP contribution in [-0.2, 0) is 6.42 Å². The lowest BCUT2D eigenvalue weighted by Crippen LogP contribution is -2.34. The number of furan rings is 1. The fraction of sp³-hybridized carbons (Fsp3) is 0.538. The number of nitrogens with one attached hydrogen (secondary N) is 1. The highest BCUT2D eigenvalue weighted by molar-refractivity contribution is 5.24. The van der Waals surface area contributed by atoms with Crippen molar-refractivity contribution in [2.75, 3.05) is 6.54 Å². The molecule has 2 nitrogen and oxygen atoms in total. The molecule has 15 heavy (non-hydrogen) atoms. The van der Waals surface area contributed by atoms with Gasteiger partial charge in [-0.05, 0) is 49.8 Å². The first kappa shape index (κ1) is 9.22. The zero-order chi connectivity index (χ0) is 10.1. The second-order valence-electron chi connectivity index (χ2n) is 4.54. The number of hydrogen-bond donors (Lipinski definition) is 1. The third-order valence-corrected chi connectivity index (χ3v) is 3.60.